The Kier molecular flexibility index (Phi) is 1.51. The maximum atomic E-state index is 10.5. The lowest BCUT2D eigenvalue weighted by atomic mass is 10.1. The molecule has 0 saturated carbocycles. The van der Waals surface area contributed by atoms with Crippen LogP contribution < -0.4 is 5.59 Å². The molecule has 0 unspecified atom stereocenters. The van der Waals surface area contributed by atoms with Gasteiger partial charge < -0.3 is 4.98 Å². The van der Waals surface area contributed by atoms with Crippen molar-refractivity contribution in [1.29, 1.82) is 0 Å². The minimum absolute atomic E-state index is 0.116. The number of hydrogen-bond acceptors (Lipinski definition) is 4. The third-order valence-electron chi connectivity index (χ3n) is 1.58. The smallest absolute Gasteiger partial charge is 0.314 e. The largest absolute Gasteiger partial charge is 0.339 e. The summed E-state index contributed by atoms with van der Waals surface area (Å²) in [6.07, 6.45) is 2.58. The molecule has 2 heterocycles. The lowest BCUT2D eigenvalue weighted by Crippen LogP contribution is -2.08. The molecule has 62 valence electrons. The molecule has 2 aromatic rings. The van der Waals surface area contributed by atoms with Gasteiger partial charge in [0.2, 0.25) is 0 Å². The number of nitrogens with one attached hydrogen (secondary N) is 1. The first-order valence-electron chi connectivity index (χ1n) is 3.42. The van der Waals surface area contributed by atoms with E-state index in [4.69, 9.17) is 7.85 Å². The molecule has 1 N–H and O–H groups in total. The molecule has 6 nitrogen and oxygen atoms in total. The third-order valence-corrected chi connectivity index (χ3v) is 1.58. The molecule has 0 aliphatic heterocycles. The van der Waals surface area contributed by atoms with Crippen molar-refractivity contribution in [2.24, 2.45) is 0 Å². The van der Waals surface area contributed by atoms with Crippen molar-refractivity contribution in [1.82, 2.24) is 15.0 Å². The van der Waals surface area contributed by atoms with Gasteiger partial charge in [0.15, 0.2) is 11.2 Å². The zero-order valence-corrected chi connectivity index (χ0v) is 6.39. The summed E-state index contributed by atoms with van der Waals surface area (Å²) in [5, 5.41) is 10.5. The van der Waals surface area contributed by atoms with Crippen LogP contribution in [0.1, 0.15) is 0 Å². The van der Waals surface area contributed by atoms with E-state index in [1.54, 1.807) is 0 Å². The summed E-state index contributed by atoms with van der Waals surface area (Å²) in [5.41, 5.74) is 0.593. The Balaban J connectivity index is 2.79. The highest BCUT2D eigenvalue weighted by Gasteiger charge is 2.15. The first-order valence-corrected chi connectivity index (χ1v) is 3.42. The van der Waals surface area contributed by atoms with E-state index in [9.17, 15) is 10.1 Å². The van der Waals surface area contributed by atoms with Gasteiger partial charge in [0.25, 0.3) is 0 Å². The maximum Gasteiger partial charge on any atom is 0.314 e. The van der Waals surface area contributed by atoms with Gasteiger partial charge in [-0.2, -0.15) is 0 Å². The first kappa shape index (κ1) is 7.72. The van der Waals surface area contributed by atoms with Crippen LogP contribution in [0.15, 0.2) is 12.4 Å². The number of H-pyrrole nitrogens is 1. The second-order valence-corrected chi connectivity index (χ2v) is 2.42. The van der Waals surface area contributed by atoms with Gasteiger partial charge in [-0.15, -0.1) is 0 Å². The number of nitro groups is 1. The summed E-state index contributed by atoms with van der Waals surface area (Å²) in [4.78, 5) is 20.2. The van der Waals surface area contributed by atoms with Crippen molar-refractivity contribution in [3.63, 3.8) is 0 Å². The Hall–Kier alpha value is -1.92. The Bertz CT molecular complexity index is 480. The molecule has 2 aromatic heterocycles. The van der Waals surface area contributed by atoms with Crippen LogP contribution in [-0.2, 0) is 0 Å². The fraction of sp³-hybridized carbons (Fsp3) is 0. The molecule has 7 heteroatoms. The van der Waals surface area contributed by atoms with Gasteiger partial charge in [0.1, 0.15) is 7.85 Å². The van der Waals surface area contributed by atoms with E-state index in [2.05, 4.69) is 15.0 Å². The highest BCUT2D eigenvalue weighted by Crippen LogP contribution is 2.19. The summed E-state index contributed by atoms with van der Waals surface area (Å²) < 4.78 is 0. The molecule has 2 radical (unpaired) electrons. The zero-order chi connectivity index (χ0) is 9.42. The highest BCUT2D eigenvalue weighted by atomic mass is 16.6. The quantitative estimate of drug-likeness (QED) is 0.364. The minimum atomic E-state index is -0.535. The maximum absolute atomic E-state index is 10.5. The molecule has 0 aliphatic rings. The van der Waals surface area contributed by atoms with Crippen LogP contribution in [0.2, 0.25) is 0 Å². The van der Waals surface area contributed by atoms with Crippen LogP contribution in [0.3, 0.4) is 0 Å². The molecule has 0 atom stereocenters. The van der Waals surface area contributed by atoms with E-state index in [1.165, 1.54) is 12.4 Å². The molecule has 0 spiro atoms. The Labute approximate surface area is 73.6 Å². The van der Waals surface area contributed by atoms with Crippen molar-refractivity contribution in [2.45, 2.75) is 0 Å². The predicted octanol–water partition coefficient (Wildman–Crippen LogP) is -0.340. The van der Waals surface area contributed by atoms with E-state index in [0.29, 0.717) is 5.65 Å². The normalized spacial score (nSPS) is 10.5. The Morgan fingerprint density at radius 1 is 1.62 bits per heavy atom. The van der Waals surface area contributed by atoms with Crippen LogP contribution in [0.5, 0.6) is 0 Å². The molecule has 0 fully saturated rings. The molecule has 0 aromatic carbocycles. The minimum Gasteiger partial charge on any atom is -0.339 e. The van der Waals surface area contributed by atoms with Crippen LogP contribution in [-0.4, -0.2) is 27.7 Å². The number of fused-ring (bicyclic) bond motifs is 1. The fourth-order valence-electron chi connectivity index (χ4n) is 1.03. The van der Waals surface area contributed by atoms with Crippen LogP contribution in [0.25, 0.3) is 11.2 Å². The molecular weight excluding hydrogens is 171 g/mol. The second-order valence-electron chi connectivity index (χ2n) is 2.42. The van der Waals surface area contributed by atoms with Gasteiger partial charge in [-0.25, -0.2) is 4.98 Å². The van der Waals surface area contributed by atoms with E-state index in [0.717, 1.165) is 0 Å². The number of hydrogen-bond donors (Lipinski definition) is 1. The number of aromatic amines is 1. The first-order chi connectivity index (χ1) is 6.18. The number of aromatic nitrogens is 3. The Morgan fingerprint density at radius 3 is 3.08 bits per heavy atom. The summed E-state index contributed by atoms with van der Waals surface area (Å²) in [7, 11) is 5.34. The van der Waals surface area contributed by atoms with Crippen molar-refractivity contribution in [2.75, 3.05) is 0 Å². The summed E-state index contributed by atoms with van der Waals surface area (Å²) in [6, 6.07) is 0. The van der Waals surface area contributed by atoms with E-state index in [-0.39, 0.29) is 16.8 Å². The van der Waals surface area contributed by atoms with Gasteiger partial charge >= 0.3 is 5.69 Å². The van der Waals surface area contributed by atoms with Crippen molar-refractivity contribution in [3.8, 4) is 0 Å². The molecule has 0 saturated heterocycles. The van der Waals surface area contributed by atoms with Gasteiger partial charge in [-0.05, 0) is 0 Å². The SMILES string of the molecule is [B]c1cnc2[nH]cc([N+](=O)[O-])c2n1. The molecule has 2 rings (SSSR count). The van der Waals surface area contributed by atoms with Crippen LogP contribution in [0, 0.1) is 10.1 Å². The van der Waals surface area contributed by atoms with E-state index >= 15 is 0 Å². The van der Waals surface area contributed by atoms with Gasteiger partial charge in [0.05, 0.1) is 11.1 Å². The standard InChI is InChI=1S/C6H3BN4O2/c7-4-2-9-6-5(10-4)3(1-8-6)11(12)13/h1-2H,(H,8,9). The van der Waals surface area contributed by atoms with Gasteiger partial charge in [-0.3, -0.25) is 15.1 Å². The average molecular weight is 174 g/mol. The molecule has 0 bridgehead atoms. The summed E-state index contributed by atoms with van der Waals surface area (Å²) in [5.74, 6) is 0. The van der Waals surface area contributed by atoms with Crippen molar-refractivity contribution in [3.05, 3.63) is 22.5 Å². The van der Waals surface area contributed by atoms with E-state index < -0.39 is 4.92 Å². The van der Waals surface area contributed by atoms with Crippen molar-refractivity contribution < 1.29 is 4.92 Å². The van der Waals surface area contributed by atoms with Crippen LogP contribution >= 0.6 is 0 Å². The number of nitrogens with zero attached hydrogens (tertiary/aromatic N) is 3. The van der Waals surface area contributed by atoms with Crippen LogP contribution in [0.4, 0.5) is 5.69 Å². The third kappa shape index (κ3) is 1.14. The second kappa shape index (κ2) is 2.54. The van der Waals surface area contributed by atoms with Crippen molar-refractivity contribution >= 4 is 30.3 Å². The van der Waals surface area contributed by atoms with E-state index in [1.807, 2.05) is 0 Å². The number of rotatable bonds is 1. The highest BCUT2D eigenvalue weighted by molar-refractivity contribution is 6.30. The van der Waals surface area contributed by atoms with Gasteiger partial charge in [-0.1, -0.05) is 0 Å². The summed E-state index contributed by atoms with van der Waals surface area (Å²) >= 11 is 0. The monoisotopic (exact) mass is 174 g/mol. The molecule has 0 amide bonds. The fourth-order valence-corrected chi connectivity index (χ4v) is 1.03. The Morgan fingerprint density at radius 2 is 2.38 bits per heavy atom. The van der Waals surface area contributed by atoms with Gasteiger partial charge in [0, 0.05) is 11.8 Å². The molecule has 13 heavy (non-hydrogen) atoms. The predicted molar refractivity (Wildman–Crippen MR) is 45.9 cm³/mol. The lowest BCUT2D eigenvalue weighted by Gasteiger charge is -1.90. The topological polar surface area (TPSA) is 84.7 Å². The lowest BCUT2D eigenvalue weighted by molar-refractivity contribution is -0.383. The molecule has 0 aliphatic carbocycles. The summed E-state index contributed by atoms with van der Waals surface area (Å²) in [6.45, 7) is 0. The average Bonchev–Trinajstić information content (AvgIpc) is 2.46. The zero-order valence-electron chi connectivity index (χ0n) is 6.39. The molecular formula is C6H3BN4O2.